The van der Waals surface area contributed by atoms with E-state index in [1.807, 2.05) is 42.5 Å². The average Bonchev–Trinajstić information content (AvgIpc) is 2.91. The van der Waals surface area contributed by atoms with E-state index in [0.717, 1.165) is 41.9 Å². The van der Waals surface area contributed by atoms with Gasteiger partial charge in [0.1, 0.15) is 16.8 Å². The Morgan fingerprint density at radius 2 is 1.81 bits per heavy atom. The van der Waals surface area contributed by atoms with E-state index in [4.69, 9.17) is 16.3 Å². The Hall–Kier alpha value is -2.07. The molecule has 0 N–H and O–H groups in total. The molecule has 0 aliphatic rings. The van der Waals surface area contributed by atoms with Crippen molar-refractivity contribution in [3.63, 3.8) is 0 Å². The number of hydrogen-bond donors (Lipinski definition) is 0. The summed E-state index contributed by atoms with van der Waals surface area (Å²) in [7, 11) is 0. The van der Waals surface area contributed by atoms with E-state index in [2.05, 4.69) is 17.1 Å². The van der Waals surface area contributed by atoms with Crippen molar-refractivity contribution < 1.29 is 4.74 Å². The van der Waals surface area contributed by atoms with E-state index in [-0.39, 0.29) is 0 Å². The predicted molar refractivity (Wildman–Crippen MR) is 84.3 cm³/mol. The molecular weight excluding hydrogens is 286 g/mol. The van der Waals surface area contributed by atoms with Crippen LogP contribution in [-0.2, 0) is 0 Å². The molecule has 1 aromatic heterocycles. The van der Waals surface area contributed by atoms with Gasteiger partial charge in [-0.2, -0.15) is 4.80 Å². The van der Waals surface area contributed by atoms with Gasteiger partial charge in [0.15, 0.2) is 0 Å². The van der Waals surface area contributed by atoms with Crippen molar-refractivity contribution in [2.75, 3.05) is 6.61 Å². The number of nitrogens with zero attached hydrogens (tertiary/aromatic N) is 3. The summed E-state index contributed by atoms with van der Waals surface area (Å²) in [6.07, 6.45) is 2.19. The fourth-order valence-electron chi connectivity index (χ4n) is 2.01. The summed E-state index contributed by atoms with van der Waals surface area (Å²) in [6.45, 7) is 2.89. The number of unbranched alkanes of at least 4 members (excludes halogenated alkanes) is 1. The van der Waals surface area contributed by atoms with Crippen LogP contribution >= 0.6 is 11.6 Å². The lowest BCUT2D eigenvalue weighted by Crippen LogP contribution is -1.99. The van der Waals surface area contributed by atoms with Crippen LogP contribution in [0.4, 0.5) is 0 Å². The summed E-state index contributed by atoms with van der Waals surface area (Å²) in [5.74, 6) is 0.868. The Labute approximate surface area is 128 Å². The number of halogens is 1. The third kappa shape index (κ3) is 3.16. The highest BCUT2D eigenvalue weighted by Crippen LogP contribution is 2.19. The molecule has 0 aliphatic carbocycles. The number of rotatable bonds is 5. The topological polar surface area (TPSA) is 39.9 Å². The molecule has 5 heteroatoms. The van der Waals surface area contributed by atoms with Crippen LogP contribution in [0.3, 0.4) is 0 Å². The molecule has 108 valence electrons. The van der Waals surface area contributed by atoms with Crippen LogP contribution in [0.5, 0.6) is 5.75 Å². The maximum absolute atomic E-state index is 5.96. The highest BCUT2D eigenvalue weighted by molar-refractivity contribution is 6.31. The molecule has 0 fully saturated rings. The van der Waals surface area contributed by atoms with E-state index in [1.165, 1.54) is 0 Å². The third-order valence-corrected chi connectivity index (χ3v) is 3.41. The van der Waals surface area contributed by atoms with Gasteiger partial charge in [-0.1, -0.05) is 24.9 Å². The second-order valence-electron chi connectivity index (χ2n) is 4.82. The number of hydrogen-bond acceptors (Lipinski definition) is 3. The SMILES string of the molecule is CCCCOc1ccc(-n2nc3ccc(Cl)cc3n2)cc1. The molecular formula is C16H16ClN3O. The first-order valence-corrected chi connectivity index (χ1v) is 7.40. The standard InChI is InChI=1S/C16H16ClN3O/c1-2-3-10-21-14-7-5-13(6-8-14)20-18-15-9-4-12(17)11-16(15)19-20/h4-9,11H,2-3,10H2,1H3. The van der Waals surface area contributed by atoms with Crippen LogP contribution in [0, 0.1) is 0 Å². The van der Waals surface area contributed by atoms with Crippen molar-refractivity contribution in [3.8, 4) is 11.4 Å². The number of ether oxygens (including phenoxy) is 1. The van der Waals surface area contributed by atoms with Gasteiger partial charge in [-0.25, -0.2) is 0 Å². The van der Waals surface area contributed by atoms with Crippen molar-refractivity contribution in [2.24, 2.45) is 0 Å². The zero-order chi connectivity index (χ0) is 14.7. The molecule has 4 nitrogen and oxygen atoms in total. The monoisotopic (exact) mass is 301 g/mol. The zero-order valence-corrected chi connectivity index (χ0v) is 12.5. The van der Waals surface area contributed by atoms with Crippen LogP contribution < -0.4 is 4.74 Å². The Kier molecular flexibility index (Phi) is 4.06. The molecule has 21 heavy (non-hydrogen) atoms. The molecule has 1 heterocycles. The Morgan fingerprint density at radius 3 is 2.57 bits per heavy atom. The van der Waals surface area contributed by atoms with Crippen LogP contribution in [-0.4, -0.2) is 21.6 Å². The largest absolute Gasteiger partial charge is 0.494 e. The molecule has 3 aromatic rings. The van der Waals surface area contributed by atoms with Crippen molar-refractivity contribution >= 4 is 22.6 Å². The van der Waals surface area contributed by atoms with Gasteiger partial charge < -0.3 is 4.74 Å². The first-order chi connectivity index (χ1) is 10.3. The van der Waals surface area contributed by atoms with Crippen LogP contribution in [0.25, 0.3) is 16.7 Å². The van der Waals surface area contributed by atoms with Crippen molar-refractivity contribution in [3.05, 3.63) is 47.5 Å². The molecule has 0 spiro atoms. The lowest BCUT2D eigenvalue weighted by Gasteiger charge is -2.05. The van der Waals surface area contributed by atoms with Gasteiger partial charge >= 0.3 is 0 Å². The maximum Gasteiger partial charge on any atom is 0.119 e. The van der Waals surface area contributed by atoms with Gasteiger partial charge in [0, 0.05) is 5.02 Å². The lowest BCUT2D eigenvalue weighted by atomic mass is 10.3. The van der Waals surface area contributed by atoms with Gasteiger partial charge in [0.05, 0.1) is 12.3 Å². The first-order valence-electron chi connectivity index (χ1n) is 7.02. The normalized spacial score (nSPS) is 11.0. The fourth-order valence-corrected chi connectivity index (χ4v) is 2.18. The summed E-state index contributed by atoms with van der Waals surface area (Å²) < 4.78 is 5.64. The van der Waals surface area contributed by atoms with Crippen LogP contribution in [0.1, 0.15) is 19.8 Å². The average molecular weight is 302 g/mol. The van der Waals surface area contributed by atoms with Crippen LogP contribution in [0.15, 0.2) is 42.5 Å². The Morgan fingerprint density at radius 1 is 1.05 bits per heavy atom. The van der Waals surface area contributed by atoms with Gasteiger partial charge in [0.2, 0.25) is 0 Å². The van der Waals surface area contributed by atoms with Gasteiger partial charge in [-0.05, 0) is 48.9 Å². The molecule has 0 saturated heterocycles. The summed E-state index contributed by atoms with van der Waals surface area (Å²) in [4.78, 5) is 1.61. The van der Waals surface area contributed by atoms with Gasteiger partial charge in [-0.15, -0.1) is 10.2 Å². The van der Waals surface area contributed by atoms with E-state index >= 15 is 0 Å². The third-order valence-electron chi connectivity index (χ3n) is 3.18. The second-order valence-corrected chi connectivity index (χ2v) is 5.25. The predicted octanol–water partition coefficient (Wildman–Crippen LogP) is 4.25. The lowest BCUT2D eigenvalue weighted by molar-refractivity contribution is 0.309. The quantitative estimate of drug-likeness (QED) is 0.661. The molecule has 0 unspecified atom stereocenters. The molecule has 3 rings (SSSR count). The van der Waals surface area contributed by atoms with Crippen molar-refractivity contribution in [1.29, 1.82) is 0 Å². The summed E-state index contributed by atoms with van der Waals surface area (Å²) in [6, 6.07) is 13.3. The molecule has 0 amide bonds. The Bertz CT molecular complexity index is 737. The van der Waals surface area contributed by atoms with E-state index in [9.17, 15) is 0 Å². The highest BCUT2D eigenvalue weighted by atomic mass is 35.5. The molecule has 0 saturated carbocycles. The van der Waals surface area contributed by atoms with Gasteiger partial charge in [-0.3, -0.25) is 0 Å². The maximum atomic E-state index is 5.96. The molecule has 2 aromatic carbocycles. The summed E-state index contributed by atoms with van der Waals surface area (Å²) >= 11 is 5.96. The number of fused-ring (bicyclic) bond motifs is 1. The van der Waals surface area contributed by atoms with Crippen molar-refractivity contribution in [1.82, 2.24) is 15.0 Å². The second kappa shape index (κ2) is 6.14. The summed E-state index contributed by atoms with van der Waals surface area (Å²) in [5, 5.41) is 9.53. The molecule has 0 atom stereocenters. The van der Waals surface area contributed by atoms with Crippen molar-refractivity contribution in [2.45, 2.75) is 19.8 Å². The minimum Gasteiger partial charge on any atom is -0.494 e. The first kappa shape index (κ1) is 13.9. The van der Waals surface area contributed by atoms with Gasteiger partial charge in [0.25, 0.3) is 0 Å². The smallest absolute Gasteiger partial charge is 0.119 e. The number of benzene rings is 2. The minimum absolute atomic E-state index is 0.661. The fraction of sp³-hybridized carbons (Fsp3) is 0.250. The number of aromatic nitrogens is 3. The van der Waals surface area contributed by atoms with E-state index in [1.54, 1.807) is 4.80 Å². The highest BCUT2D eigenvalue weighted by Gasteiger charge is 2.05. The summed E-state index contributed by atoms with van der Waals surface area (Å²) in [5.41, 5.74) is 2.50. The molecule has 0 radical (unpaired) electrons. The molecule has 0 aliphatic heterocycles. The van der Waals surface area contributed by atoms with E-state index in [0.29, 0.717) is 5.02 Å². The Balaban J connectivity index is 1.81. The minimum atomic E-state index is 0.661. The van der Waals surface area contributed by atoms with Crippen LogP contribution in [0.2, 0.25) is 5.02 Å². The molecule has 0 bridgehead atoms. The van der Waals surface area contributed by atoms with E-state index < -0.39 is 0 Å². The zero-order valence-electron chi connectivity index (χ0n) is 11.8.